The minimum Gasteiger partial charge on any atom is -0.464 e. The van der Waals surface area contributed by atoms with Crippen LogP contribution in [0.2, 0.25) is 0 Å². The highest BCUT2D eigenvalue weighted by Crippen LogP contribution is 2.28. The summed E-state index contributed by atoms with van der Waals surface area (Å²) in [4.78, 5) is 25.6. The maximum absolute atomic E-state index is 13.2. The Balaban J connectivity index is 1.83. The van der Waals surface area contributed by atoms with E-state index in [4.69, 9.17) is 0 Å². The first-order valence-electron chi connectivity index (χ1n) is 8.99. The zero-order chi connectivity index (χ0) is 21.2. The lowest BCUT2D eigenvalue weighted by molar-refractivity contribution is -0.119. The van der Waals surface area contributed by atoms with E-state index in [2.05, 4.69) is 10.1 Å². The molecule has 0 saturated carbocycles. The van der Waals surface area contributed by atoms with E-state index >= 15 is 0 Å². The topological polar surface area (TPSA) is 97.7 Å². The van der Waals surface area contributed by atoms with Crippen LogP contribution in [0.4, 0.5) is 5.69 Å². The molecular weight excluding hydrogens is 414 g/mol. The number of anilines is 1. The van der Waals surface area contributed by atoms with Gasteiger partial charge in [0.15, 0.2) is 0 Å². The fraction of sp³-hybridized carbons (Fsp3) is 0.368. The van der Waals surface area contributed by atoms with Gasteiger partial charge in [0, 0.05) is 30.4 Å². The van der Waals surface area contributed by atoms with E-state index in [0.29, 0.717) is 18.5 Å². The second kappa shape index (κ2) is 8.60. The Morgan fingerprint density at radius 2 is 2.03 bits per heavy atom. The van der Waals surface area contributed by atoms with E-state index in [1.165, 1.54) is 28.2 Å². The molecule has 0 spiro atoms. The van der Waals surface area contributed by atoms with Gasteiger partial charge in [-0.3, -0.25) is 4.79 Å². The summed E-state index contributed by atoms with van der Waals surface area (Å²) in [6, 6.07) is 7.85. The van der Waals surface area contributed by atoms with Gasteiger partial charge in [-0.05, 0) is 43.4 Å². The summed E-state index contributed by atoms with van der Waals surface area (Å²) in [5, 5.41) is 2.82. The van der Waals surface area contributed by atoms with Crippen LogP contribution >= 0.6 is 11.8 Å². The molecule has 29 heavy (non-hydrogen) atoms. The van der Waals surface area contributed by atoms with Gasteiger partial charge in [-0.1, -0.05) is 6.07 Å². The van der Waals surface area contributed by atoms with Crippen molar-refractivity contribution in [2.75, 3.05) is 25.2 Å². The number of carbonyl (C=O) groups excluding carboxylic acids is 2. The Kier molecular flexibility index (Phi) is 6.35. The number of esters is 1. The average molecular weight is 438 g/mol. The highest BCUT2D eigenvalue weighted by Gasteiger charge is 2.40. The van der Waals surface area contributed by atoms with E-state index in [0.717, 1.165) is 4.90 Å². The van der Waals surface area contributed by atoms with E-state index in [1.807, 2.05) is 24.5 Å². The zero-order valence-electron chi connectivity index (χ0n) is 16.4. The predicted octanol–water partition coefficient (Wildman–Crippen LogP) is 2.33. The number of hydrogen-bond acceptors (Lipinski definition) is 6. The van der Waals surface area contributed by atoms with Crippen molar-refractivity contribution in [3.8, 4) is 0 Å². The van der Waals surface area contributed by atoms with Gasteiger partial charge in [0.05, 0.1) is 7.11 Å². The SMILES string of the molecule is COC(=O)c1cc(S(=O)(=O)N2CCC[C@H]2C(=O)Nc2cccc(SC)c2)cn1C. The minimum atomic E-state index is -3.94. The molecule has 1 aliphatic heterocycles. The van der Waals surface area contributed by atoms with Gasteiger partial charge < -0.3 is 14.6 Å². The molecule has 1 saturated heterocycles. The summed E-state index contributed by atoms with van der Waals surface area (Å²) in [7, 11) is -1.14. The van der Waals surface area contributed by atoms with Crippen LogP contribution < -0.4 is 5.32 Å². The Bertz CT molecular complexity index is 1030. The number of benzene rings is 1. The van der Waals surface area contributed by atoms with Crippen molar-refractivity contribution in [1.29, 1.82) is 0 Å². The van der Waals surface area contributed by atoms with Gasteiger partial charge in [-0.15, -0.1) is 11.8 Å². The first-order chi connectivity index (χ1) is 13.8. The lowest BCUT2D eigenvalue weighted by atomic mass is 10.2. The van der Waals surface area contributed by atoms with Crippen LogP contribution in [0.3, 0.4) is 0 Å². The third kappa shape index (κ3) is 4.34. The fourth-order valence-corrected chi connectivity index (χ4v) is 5.52. The van der Waals surface area contributed by atoms with Gasteiger partial charge in [0.25, 0.3) is 0 Å². The van der Waals surface area contributed by atoms with Gasteiger partial charge in [0.2, 0.25) is 15.9 Å². The Morgan fingerprint density at radius 3 is 2.72 bits per heavy atom. The van der Waals surface area contributed by atoms with Crippen LogP contribution in [0, 0.1) is 0 Å². The van der Waals surface area contributed by atoms with E-state index < -0.39 is 22.0 Å². The third-order valence-corrected chi connectivity index (χ3v) is 7.42. The van der Waals surface area contributed by atoms with Gasteiger partial charge >= 0.3 is 5.97 Å². The molecule has 1 amide bonds. The molecule has 2 aromatic rings. The molecule has 3 rings (SSSR count). The van der Waals surface area contributed by atoms with Crippen LogP contribution in [-0.4, -0.2) is 55.1 Å². The maximum atomic E-state index is 13.2. The van der Waals surface area contributed by atoms with Crippen LogP contribution in [0.15, 0.2) is 46.3 Å². The summed E-state index contributed by atoms with van der Waals surface area (Å²) in [6.07, 6.45) is 4.31. The number of hydrogen-bond donors (Lipinski definition) is 1. The van der Waals surface area contributed by atoms with Gasteiger partial charge in [-0.25, -0.2) is 13.2 Å². The maximum Gasteiger partial charge on any atom is 0.354 e. The average Bonchev–Trinajstić information content (AvgIpc) is 3.35. The minimum absolute atomic E-state index is 0.0375. The fourth-order valence-electron chi connectivity index (χ4n) is 3.33. The molecule has 0 radical (unpaired) electrons. The summed E-state index contributed by atoms with van der Waals surface area (Å²) < 4.78 is 33.6. The van der Waals surface area contributed by atoms with Crippen LogP contribution in [0.25, 0.3) is 0 Å². The third-order valence-electron chi connectivity index (χ3n) is 4.82. The summed E-state index contributed by atoms with van der Waals surface area (Å²) in [5.74, 6) is -0.994. The van der Waals surface area contributed by atoms with Crippen molar-refractivity contribution < 1.29 is 22.7 Å². The molecule has 1 atom stereocenters. The molecule has 1 N–H and O–H groups in total. The normalized spacial score (nSPS) is 17.3. The second-order valence-corrected chi connectivity index (χ2v) is 9.43. The van der Waals surface area contributed by atoms with Crippen molar-refractivity contribution in [3.63, 3.8) is 0 Å². The highest BCUT2D eigenvalue weighted by molar-refractivity contribution is 7.98. The van der Waals surface area contributed by atoms with E-state index in [-0.39, 0.29) is 23.0 Å². The lowest BCUT2D eigenvalue weighted by Crippen LogP contribution is -2.43. The summed E-state index contributed by atoms with van der Waals surface area (Å²) in [6.45, 7) is 0.244. The zero-order valence-corrected chi connectivity index (χ0v) is 18.0. The molecule has 8 nitrogen and oxygen atoms in total. The number of carbonyl (C=O) groups is 2. The standard InChI is InChI=1S/C19H23N3O5S2/c1-21-12-15(11-17(21)19(24)27-2)29(25,26)22-9-5-8-16(22)18(23)20-13-6-4-7-14(10-13)28-3/h4,6-7,10-12,16H,5,8-9H2,1-3H3,(H,20,23)/t16-/m0/s1. The van der Waals surface area contributed by atoms with Crippen LogP contribution in [-0.2, 0) is 26.6 Å². The first kappa shape index (κ1) is 21.4. The molecule has 0 unspecified atom stereocenters. The molecule has 156 valence electrons. The Labute approximate surface area is 174 Å². The van der Waals surface area contributed by atoms with Gasteiger partial charge in [-0.2, -0.15) is 4.31 Å². The summed E-state index contributed by atoms with van der Waals surface area (Å²) in [5.41, 5.74) is 0.749. The molecule has 1 fully saturated rings. The smallest absolute Gasteiger partial charge is 0.354 e. The molecule has 0 aliphatic carbocycles. The highest BCUT2D eigenvalue weighted by atomic mass is 32.2. The quantitative estimate of drug-likeness (QED) is 0.550. The first-order valence-corrected chi connectivity index (χ1v) is 11.7. The van der Waals surface area contributed by atoms with Crippen LogP contribution in [0.1, 0.15) is 23.3 Å². The largest absolute Gasteiger partial charge is 0.464 e. The van der Waals surface area contributed by atoms with Crippen molar-refractivity contribution >= 4 is 39.3 Å². The Hall–Kier alpha value is -2.30. The van der Waals surface area contributed by atoms with Crippen molar-refractivity contribution in [1.82, 2.24) is 8.87 Å². The Morgan fingerprint density at radius 1 is 1.28 bits per heavy atom. The number of ether oxygens (including phenoxy) is 1. The number of rotatable bonds is 6. The van der Waals surface area contributed by atoms with Crippen molar-refractivity contribution in [2.45, 2.75) is 28.7 Å². The van der Waals surface area contributed by atoms with Crippen molar-refractivity contribution in [3.05, 3.63) is 42.2 Å². The van der Waals surface area contributed by atoms with E-state index in [9.17, 15) is 18.0 Å². The van der Waals surface area contributed by atoms with Crippen LogP contribution in [0.5, 0.6) is 0 Å². The number of methoxy groups -OCH3 is 1. The predicted molar refractivity (Wildman–Crippen MR) is 111 cm³/mol. The van der Waals surface area contributed by atoms with Gasteiger partial charge in [0.1, 0.15) is 16.6 Å². The number of nitrogens with zero attached hydrogens (tertiary/aromatic N) is 2. The molecule has 10 heteroatoms. The molecular formula is C19H23N3O5S2. The summed E-state index contributed by atoms with van der Waals surface area (Å²) >= 11 is 1.55. The number of nitrogens with one attached hydrogen (secondary N) is 1. The van der Waals surface area contributed by atoms with Crippen molar-refractivity contribution in [2.24, 2.45) is 7.05 Å². The molecule has 1 aromatic carbocycles. The number of amides is 1. The number of aromatic nitrogens is 1. The molecule has 1 aromatic heterocycles. The number of aryl methyl sites for hydroxylation is 1. The molecule has 0 bridgehead atoms. The monoisotopic (exact) mass is 437 g/mol. The number of sulfonamides is 1. The van der Waals surface area contributed by atoms with E-state index in [1.54, 1.807) is 24.9 Å². The lowest BCUT2D eigenvalue weighted by Gasteiger charge is -2.23. The second-order valence-electron chi connectivity index (χ2n) is 6.66. The number of thioether (sulfide) groups is 1. The molecule has 2 heterocycles. The molecule has 1 aliphatic rings.